The van der Waals surface area contributed by atoms with E-state index in [4.69, 9.17) is 4.74 Å². The van der Waals surface area contributed by atoms with E-state index in [1.54, 1.807) is 36.4 Å². The van der Waals surface area contributed by atoms with Crippen LogP contribution in [-0.2, 0) is 14.8 Å². The number of ether oxygens (including phenoxy) is 1. The molecule has 1 aliphatic heterocycles. The number of anilines is 1. The van der Waals surface area contributed by atoms with Gasteiger partial charge in [-0.3, -0.25) is 9.10 Å². The van der Waals surface area contributed by atoms with E-state index in [0.717, 1.165) is 30.2 Å². The molecule has 1 N–H and O–H groups in total. The lowest BCUT2D eigenvalue weighted by Crippen LogP contribution is -2.43. The summed E-state index contributed by atoms with van der Waals surface area (Å²) in [6.07, 6.45) is 5.78. The number of carbonyl (C=O) groups excluding carboxylic acids is 1. The van der Waals surface area contributed by atoms with Crippen molar-refractivity contribution >= 4 is 21.6 Å². The predicted molar refractivity (Wildman–Crippen MR) is 136 cm³/mol. The molecule has 0 aromatic heterocycles. The summed E-state index contributed by atoms with van der Waals surface area (Å²) in [6.45, 7) is 6.92. The summed E-state index contributed by atoms with van der Waals surface area (Å²) in [5, 5.41) is 2.91. The summed E-state index contributed by atoms with van der Waals surface area (Å²) in [7, 11) is -3.93. The van der Waals surface area contributed by atoms with E-state index in [2.05, 4.69) is 17.1 Å². The number of likely N-dealkylation sites (tertiary alicyclic amines) is 1. The molecule has 1 fully saturated rings. The number of piperidine rings is 1. The summed E-state index contributed by atoms with van der Waals surface area (Å²) >= 11 is 0. The highest BCUT2D eigenvalue weighted by atomic mass is 32.2. The largest absolute Gasteiger partial charge is 0.494 e. The number of sulfonamides is 1. The number of hydrogen-bond acceptors (Lipinski definition) is 5. The molecule has 8 heteroatoms. The van der Waals surface area contributed by atoms with E-state index in [9.17, 15) is 13.2 Å². The fourth-order valence-corrected chi connectivity index (χ4v) is 5.85. The van der Waals surface area contributed by atoms with Gasteiger partial charge in [-0.25, -0.2) is 8.42 Å². The molecule has 7 nitrogen and oxygen atoms in total. The van der Waals surface area contributed by atoms with Gasteiger partial charge in [0.25, 0.3) is 10.0 Å². The van der Waals surface area contributed by atoms with Crippen LogP contribution in [0.15, 0.2) is 59.5 Å². The van der Waals surface area contributed by atoms with Crippen LogP contribution >= 0.6 is 0 Å². The van der Waals surface area contributed by atoms with Crippen molar-refractivity contribution in [2.45, 2.75) is 56.9 Å². The SMILES string of the molecule is CCOc1ccc(S(=O)(=O)N(CC(=O)NCCCN2CCCCC2CC)c2ccccc2)cc1. The summed E-state index contributed by atoms with van der Waals surface area (Å²) < 4.78 is 33.5. The number of benzene rings is 2. The van der Waals surface area contributed by atoms with Crippen molar-refractivity contribution in [2.75, 3.05) is 37.1 Å². The number of para-hydroxylation sites is 1. The van der Waals surface area contributed by atoms with Gasteiger partial charge in [0.05, 0.1) is 17.2 Å². The lowest BCUT2D eigenvalue weighted by Gasteiger charge is -2.35. The van der Waals surface area contributed by atoms with Crippen LogP contribution in [0, 0.1) is 0 Å². The minimum Gasteiger partial charge on any atom is -0.494 e. The van der Waals surface area contributed by atoms with E-state index in [0.29, 0.717) is 30.6 Å². The van der Waals surface area contributed by atoms with E-state index in [1.807, 2.05) is 13.0 Å². The van der Waals surface area contributed by atoms with Crippen molar-refractivity contribution in [3.63, 3.8) is 0 Å². The third kappa shape index (κ3) is 6.96. The molecule has 0 spiro atoms. The number of nitrogens with zero attached hydrogens (tertiary/aromatic N) is 2. The number of carbonyl (C=O) groups is 1. The van der Waals surface area contributed by atoms with Gasteiger partial charge in [-0.2, -0.15) is 0 Å². The summed E-state index contributed by atoms with van der Waals surface area (Å²) in [5.74, 6) is 0.286. The maximum atomic E-state index is 13.4. The molecule has 1 atom stereocenters. The molecule has 1 saturated heterocycles. The molecule has 3 rings (SSSR count). The van der Waals surface area contributed by atoms with Crippen molar-refractivity contribution in [2.24, 2.45) is 0 Å². The van der Waals surface area contributed by atoms with E-state index >= 15 is 0 Å². The Morgan fingerprint density at radius 1 is 1.09 bits per heavy atom. The first-order chi connectivity index (χ1) is 16.5. The number of nitrogens with one attached hydrogen (secondary N) is 1. The van der Waals surface area contributed by atoms with Crippen LogP contribution in [0.2, 0.25) is 0 Å². The zero-order valence-electron chi connectivity index (χ0n) is 20.3. The first-order valence-electron chi connectivity index (χ1n) is 12.3. The third-order valence-corrected chi connectivity index (χ3v) is 8.01. The molecule has 0 aliphatic carbocycles. The molecule has 34 heavy (non-hydrogen) atoms. The van der Waals surface area contributed by atoms with Gasteiger partial charge in [-0.1, -0.05) is 31.5 Å². The summed E-state index contributed by atoms with van der Waals surface area (Å²) in [6, 6.07) is 15.6. The number of rotatable bonds is 12. The third-order valence-electron chi connectivity index (χ3n) is 6.22. The van der Waals surface area contributed by atoms with Crippen LogP contribution in [0.1, 0.15) is 46.0 Å². The number of hydrogen-bond donors (Lipinski definition) is 1. The van der Waals surface area contributed by atoms with Crippen molar-refractivity contribution in [1.29, 1.82) is 0 Å². The van der Waals surface area contributed by atoms with Gasteiger partial charge in [0, 0.05) is 19.1 Å². The van der Waals surface area contributed by atoms with Gasteiger partial charge in [0.1, 0.15) is 12.3 Å². The van der Waals surface area contributed by atoms with Crippen molar-refractivity contribution < 1.29 is 17.9 Å². The maximum Gasteiger partial charge on any atom is 0.264 e. The van der Waals surface area contributed by atoms with Crippen LogP contribution in [0.25, 0.3) is 0 Å². The molecular formula is C26H37N3O4S. The van der Waals surface area contributed by atoms with Crippen LogP contribution in [0.3, 0.4) is 0 Å². The molecule has 186 valence electrons. The molecule has 1 unspecified atom stereocenters. The Kier molecular flexibility index (Phi) is 9.77. The second kappa shape index (κ2) is 12.8. The Morgan fingerprint density at radius 3 is 2.50 bits per heavy atom. The molecule has 0 radical (unpaired) electrons. The smallest absolute Gasteiger partial charge is 0.264 e. The Labute approximate surface area is 204 Å². The van der Waals surface area contributed by atoms with Crippen LogP contribution < -0.4 is 14.4 Å². The predicted octanol–water partition coefficient (Wildman–Crippen LogP) is 4.05. The van der Waals surface area contributed by atoms with Crippen molar-refractivity contribution in [1.82, 2.24) is 10.2 Å². The maximum absolute atomic E-state index is 13.4. The molecular weight excluding hydrogens is 450 g/mol. The Hall–Kier alpha value is -2.58. The summed E-state index contributed by atoms with van der Waals surface area (Å²) in [4.78, 5) is 15.4. The second-order valence-electron chi connectivity index (χ2n) is 8.55. The van der Waals surface area contributed by atoms with E-state index in [1.165, 1.54) is 31.4 Å². The van der Waals surface area contributed by atoms with Crippen LogP contribution in [0.5, 0.6) is 5.75 Å². The number of amides is 1. The van der Waals surface area contributed by atoms with Gasteiger partial charge in [-0.05, 0) is 75.5 Å². The molecule has 2 aromatic carbocycles. The van der Waals surface area contributed by atoms with E-state index in [-0.39, 0.29) is 17.3 Å². The molecule has 0 saturated carbocycles. The standard InChI is InChI=1S/C26H37N3O4S/c1-3-22-11-8-9-19-28(22)20-10-18-27-26(30)21-29(23-12-6-5-7-13-23)34(31,32)25-16-14-24(15-17-25)33-4-2/h5-7,12-17,22H,3-4,8-11,18-21H2,1-2H3,(H,27,30). The highest BCUT2D eigenvalue weighted by molar-refractivity contribution is 7.92. The molecule has 2 aromatic rings. The topological polar surface area (TPSA) is 79.0 Å². The lowest BCUT2D eigenvalue weighted by atomic mass is 10.00. The lowest BCUT2D eigenvalue weighted by molar-refractivity contribution is -0.119. The molecule has 1 heterocycles. The second-order valence-corrected chi connectivity index (χ2v) is 10.4. The van der Waals surface area contributed by atoms with Crippen LogP contribution in [0.4, 0.5) is 5.69 Å². The highest BCUT2D eigenvalue weighted by Crippen LogP contribution is 2.25. The highest BCUT2D eigenvalue weighted by Gasteiger charge is 2.27. The van der Waals surface area contributed by atoms with Crippen molar-refractivity contribution in [3.8, 4) is 5.75 Å². The van der Waals surface area contributed by atoms with Gasteiger partial charge < -0.3 is 15.0 Å². The molecule has 1 amide bonds. The van der Waals surface area contributed by atoms with Crippen LogP contribution in [-0.4, -0.2) is 58.1 Å². The molecule has 1 aliphatic rings. The molecule has 0 bridgehead atoms. The average Bonchev–Trinajstić information content (AvgIpc) is 2.86. The fourth-order valence-electron chi connectivity index (χ4n) is 4.42. The minimum atomic E-state index is -3.93. The average molecular weight is 488 g/mol. The van der Waals surface area contributed by atoms with Gasteiger partial charge in [-0.15, -0.1) is 0 Å². The zero-order valence-corrected chi connectivity index (χ0v) is 21.1. The van der Waals surface area contributed by atoms with Gasteiger partial charge in [0.2, 0.25) is 5.91 Å². The Morgan fingerprint density at radius 2 is 1.82 bits per heavy atom. The monoisotopic (exact) mass is 487 g/mol. The first kappa shape index (κ1) is 26.0. The van der Waals surface area contributed by atoms with E-state index < -0.39 is 10.0 Å². The minimum absolute atomic E-state index is 0.114. The normalized spacial score (nSPS) is 16.7. The Bertz CT molecular complexity index is 996. The van der Waals surface area contributed by atoms with Gasteiger partial charge in [0.15, 0.2) is 0 Å². The Balaban J connectivity index is 1.64. The fraction of sp³-hybridized carbons (Fsp3) is 0.500. The quantitative estimate of drug-likeness (QED) is 0.457. The first-order valence-corrected chi connectivity index (χ1v) is 13.7. The summed E-state index contributed by atoms with van der Waals surface area (Å²) in [5.41, 5.74) is 0.450. The van der Waals surface area contributed by atoms with Crippen molar-refractivity contribution in [3.05, 3.63) is 54.6 Å². The van der Waals surface area contributed by atoms with Gasteiger partial charge >= 0.3 is 0 Å². The zero-order chi connectivity index (χ0) is 24.4.